The van der Waals surface area contributed by atoms with E-state index in [4.69, 9.17) is 9.05 Å². The van der Waals surface area contributed by atoms with Gasteiger partial charge < -0.3 is 9.05 Å². The van der Waals surface area contributed by atoms with Crippen LogP contribution in [-0.2, 0) is 6.54 Å². The van der Waals surface area contributed by atoms with Crippen LogP contribution >= 0.6 is 0 Å². The van der Waals surface area contributed by atoms with E-state index in [0.717, 1.165) is 22.6 Å². The molecule has 0 unspecified atom stereocenters. The Balaban J connectivity index is 1.61. The molecule has 0 saturated carbocycles. The Hall–Kier alpha value is -3.25. The van der Waals surface area contributed by atoms with Crippen LogP contribution in [-0.4, -0.2) is 15.3 Å². The van der Waals surface area contributed by atoms with Gasteiger partial charge in [0.05, 0.1) is 5.69 Å². The van der Waals surface area contributed by atoms with Gasteiger partial charge in [-0.1, -0.05) is 71.0 Å². The molecule has 0 bridgehead atoms. The smallest absolute Gasteiger partial charge is 0.248 e. The third-order valence-electron chi connectivity index (χ3n) is 4.02. The first kappa shape index (κ1) is 16.2. The first-order valence-corrected chi connectivity index (χ1v) is 8.39. The molecule has 0 radical (unpaired) electrons. The molecule has 6 heteroatoms. The third kappa shape index (κ3) is 3.55. The lowest BCUT2D eigenvalue weighted by Crippen LogP contribution is -2.22. The molecule has 26 heavy (non-hydrogen) atoms. The minimum absolute atomic E-state index is 0.238. The molecule has 0 fully saturated rings. The number of aryl methyl sites for hydroxylation is 1. The lowest BCUT2D eigenvalue weighted by atomic mass is 10.1. The van der Waals surface area contributed by atoms with E-state index in [1.165, 1.54) is 0 Å². The van der Waals surface area contributed by atoms with Crippen molar-refractivity contribution in [2.24, 2.45) is 0 Å². The minimum atomic E-state index is -0.238. The van der Waals surface area contributed by atoms with Crippen LogP contribution in [0.5, 0.6) is 0 Å². The SMILES string of the molecule is Cc1cc(CN[C@@H](c2ccccc2)c2nc(-c3ccccc3)no2)no1. The summed E-state index contributed by atoms with van der Waals surface area (Å²) in [7, 11) is 0. The molecule has 0 aliphatic carbocycles. The van der Waals surface area contributed by atoms with E-state index in [1.54, 1.807) is 0 Å². The molecule has 0 amide bonds. The van der Waals surface area contributed by atoms with Crippen LogP contribution in [0.1, 0.15) is 29.0 Å². The molecular weight excluding hydrogens is 328 g/mol. The van der Waals surface area contributed by atoms with E-state index in [9.17, 15) is 0 Å². The van der Waals surface area contributed by atoms with Gasteiger partial charge in [0.15, 0.2) is 0 Å². The number of nitrogens with one attached hydrogen (secondary N) is 1. The van der Waals surface area contributed by atoms with E-state index < -0.39 is 0 Å². The van der Waals surface area contributed by atoms with Crippen molar-refractivity contribution in [2.45, 2.75) is 19.5 Å². The van der Waals surface area contributed by atoms with Gasteiger partial charge in [-0.25, -0.2) is 0 Å². The second-order valence-corrected chi connectivity index (χ2v) is 5.98. The van der Waals surface area contributed by atoms with E-state index >= 15 is 0 Å². The molecular formula is C20H18N4O2. The van der Waals surface area contributed by atoms with Crippen molar-refractivity contribution in [3.63, 3.8) is 0 Å². The monoisotopic (exact) mass is 346 g/mol. The molecule has 4 aromatic rings. The zero-order chi connectivity index (χ0) is 17.8. The summed E-state index contributed by atoms with van der Waals surface area (Å²) in [6.45, 7) is 2.40. The maximum Gasteiger partial charge on any atom is 0.248 e. The van der Waals surface area contributed by atoms with Gasteiger partial charge in [-0.15, -0.1) is 0 Å². The Kier molecular flexibility index (Phi) is 4.57. The molecule has 1 atom stereocenters. The van der Waals surface area contributed by atoms with Crippen molar-refractivity contribution in [1.82, 2.24) is 20.6 Å². The summed E-state index contributed by atoms with van der Waals surface area (Å²) in [5.41, 5.74) is 2.78. The van der Waals surface area contributed by atoms with Gasteiger partial charge in [0, 0.05) is 18.2 Å². The van der Waals surface area contributed by atoms with Gasteiger partial charge in [-0.2, -0.15) is 4.98 Å². The largest absolute Gasteiger partial charge is 0.361 e. The molecule has 0 spiro atoms. The van der Waals surface area contributed by atoms with Gasteiger partial charge in [0.2, 0.25) is 11.7 Å². The van der Waals surface area contributed by atoms with Crippen molar-refractivity contribution in [3.05, 3.63) is 89.6 Å². The van der Waals surface area contributed by atoms with Crippen molar-refractivity contribution >= 4 is 0 Å². The summed E-state index contributed by atoms with van der Waals surface area (Å²) in [5.74, 6) is 1.86. The van der Waals surface area contributed by atoms with Crippen molar-refractivity contribution < 1.29 is 9.05 Å². The Morgan fingerprint density at radius 3 is 2.35 bits per heavy atom. The lowest BCUT2D eigenvalue weighted by molar-refractivity contribution is 0.344. The molecule has 4 rings (SSSR count). The van der Waals surface area contributed by atoms with E-state index in [2.05, 4.69) is 20.6 Å². The maximum absolute atomic E-state index is 5.56. The molecule has 1 N–H and O–H groups in total. The van der Waals surface area contributed by atoms with Gasteiger partial charge in [0.25, 0.3) is 0 Å². The van der Waals surface area contributed by atoms with Gasteiger partial charge >= 0.3 is 0 Å². The second kappa shape index (κ2) is 7.33. The van der Waals surface area contributed by atoms with Crippen LogP contribution in [0.3, 0.4) is 0 Å². The zero-order valence-corrected chi connectivity index (χ0v) is 14.3. The zero-order valence-electron chi connectivity index (χ0n) is 14.3. The van der Waals surface area contributed by atoms with Crippen LogP contribution in [0.2, 0.25) is 0 Å². The summed E-state index contributed by atoms with van der Waals surface area (Å²) in [4.78, 5) is 4.59. The number of nitrogens with zero attached hydrogens (tertiary/aromatic N) is 3. The fourth-order valence-corrected chi connectivity index (χ4v) is 2.76. The highest BCUT2D eigenvalue weighted by Gasteiger charge is 2.21. The number of aromatic nitrogens is 3. The molecule has 2 aromatic heterocycles. The molecule has 6 nitrogen and oxygen atoms in total. The molecule has 0 aliphatic heterocycles. The Bertz CT molecular complexity index is 964. The van der Waals surface area contributed by atoms with Crippen molar-refractivity contribution in [2.75, 3.05) is 0 Å². The standard InChI is InChI=1S/C20H18N4O2/c1-14-12-17(23-25-14)13-21-18(15-8-4-2-5-9-15)20-22-19(24-26-20)16-10-6-3-7-11-16/h2-12,18,21H,13H2,1H3/t18-/m0/s1. The molecule has 0 saturated heterocycles. The van der Waals surface area contributed by atoms with Crippen molar-refractivity contribution in [1.29, 1.82) is 0 Å². The topological polar surface area (TPSA) is 77.0 Å². The van der Waals surface area contributed by atoms with Gasteiger partial charge in [0.1, 0.15) is 11.8 Å². The quantitative estimate of drug-likeness (QED) is 0.570. The number of hydrogen-bond acceptors (Lipinski definition) is 6. The first-order chi connectivity index (χ1) is 12.8. The molecule has 2 heterocycles. The van der Waals surface area contributed by atoms with Crippen LogP contribution in [0, 0.1) is 6.92 Å². The summed E-state index contributed by atoms with van der Waals surface area (Å²) >= 11 is 0. The predicted octanol–water partition coefficient (Wildman–Crippen LogP) is 3.91. The summed E-state index contributed by atoms with van der Waals surface area (Å²) < 4.78 is 10.7. The first-order valence-electron chi connectivity index (χ1n) is 8.39. The van der Waals surface area contributed by atoms with Gasteiger partial charge in [-0.05, 0) is 12.5 Å². The second-order valence-electron chi connectivity index (χ2n) is 5.98. The van der Waals surface area contributed by atoms with Crippen LogP contribution in [0.4, 0.5) is 0 Å². The van der Waals surface area contributed by atoms with Crippen LogP contribution in [0.15, 0.2) is 75.8 Å². The predicted molar refractivity (Wildman–Crippen MR) is 96.1 cm³/mol. The fraction of sp³-hybridized carbons (Fsp3) is 0.150. The maximum atomic E-state index is 5.56. The normalized spacial score (nSPS) is 12.2. The van der Waals surface area contributed by atoms with Crippen LogP contribution < -0.4 is 5.32 Å². The third-order valence-corrected chi connectivity index (χ3v) is 4.02. The average Bonchev–Trinajstić information content (AvgIpc) is 3.33. The summed E-state index contributed by atoms with van der Waals surface area (Å²) in [6.07, 6.45) is 0. The van der Waals surface area contributed by atoms with E-state index in [1.807, 2.05) is 73.7 Å². The molecule has 2 aromatic carbocycles. The highest BCUT2D eigenvalue weighted by Crippen LogP contribution is 2.24. The fourth-order valence-electron chi connectivity index (χ4n) is 2.76. The highest BCUT2D eigenvalue weighted by molar-refractivity contribution is 5.53. The van der Waals surface area contributed by atoms with Crippen LogP contribution in [0.25, 0.3) is 11.4 Å². The highest BCUT2D eigenvalue weighted by atomic mass is 16.5. The number of hydrogen-bond donors (Lipinski definition) is 1. The lowest BCUT2D eigenvalue weighted by Gasteiger charge is -2.14. The molecule has 0 aliphatic rings. The number of benzene rings is 2. The van der Waals surface area contributed by atoms with E-state index in [0.29, 0.717) is 18.3 Å². The van der Waals surface area contributed by atoms with Crippen molar-refractivity contribution in [3.8, 4) is 11.4 Å². The number of rotatable bonds is 6. The summed E-state index contributed by atoms with van der Waals surface area (Å²) in [6, 6.07) is 21.4. The summed E-state index contributed by atoms with van der Waals surface area (Å²) in [5, 5.41) is 11.6. The minimum Gasteiger partial charge on any atom is -0.361 e. The Labute approximate surface area is 150 Å². The average molecular weight is 346 g/mol. The van der Waals surface area contributed by atoms with Gasteiger partial charge in [-0.3, -0.25) is 5.32 Å². The molecule has 130 valence electrons. The Morgan fingerprint density at radius 2 is 1.65 bits per heavy atom. The van der Waals surface area contributed by atoms with E-state index in [-0.39, 0.29) is 6.04 Å². The Morgan fingerprint density at radius 1 is 0.923 bits per heavy atom.